The molecular formula is C21H28N2O2. The largest absolute Gasteiger partial charge is 0.508 e. The summed E-state index contributed by atoms with van der Waals surface area (Å²) in [6.45, 7) is 2.68. The first kappa shape index (κ1) is 19.0. The van der Waals surface area contributed by atoms with E-state index < -0.39 is 0 Å². The molecule has 2 atom stereocenters. The minimum absolute atomic E-state index is 0.0777. The second-order valence-electron chi connectivity index (χ2n) is 6.81. The van der Waals surface area contributed by atoms with Crippen LogP contribution in [0.3, 0.4) is 0 Å². The highest BCUT2D eigenvalue weighted by Gasteiger charge is 2.16. The van der Waals surface area contributed by atoms with Crippen LogP contribution in [0.25, 0.3) is 0 Å². The average molecular weight is 340 g/mol. The van der Waals surface area contributed by atoms with Crippen molar-refractivity contribution < 1.29 is 9.90 Å². The molecule has 2 N–H and O–H groups in total. The zero-order valence-corrected chi connectivity index (χ0v) is 15.3. The summed E-state index contributed by atoms with van der Waals surface area (Å²) < 4.78 is 0. The van der Waals surface area contributed by atoms with Gasteiger partial charge in [-0.2, -0.15) is 0 Å². The summed E-state index contributed by atoms with van der Waals surface area (Å²) in [5.74, 6) is 0.554. The molecule has 134 valence electrons. The van der Waals surface area contributed by atoms with Crippen LogP contribution in [0.2, 0.25) is 0 Å². The number of carbonyl (C=O) groups excluding carboxylic acids is 1. The normalized spacial score (nSPS) is 13.4. The lowest BCUT2D eigenvalue weighted by Crippen LogP contribution is -2.41. The molecule has 0 bridgehead atoms. The van der Waals surface area contributed by atoms with Crippen molar-refractivity contribution in [2.75, 3.05) is 20.6 Å². The van der Waals surface area contributed by atoms with Gasteiger partial charge in [-0.15, -0.1) is 0 Å². The Labute approximate surface area is 150 Å². The number of aromatic hydroxyl groups is 1. The number of phenols is 1. The molecule has 0 saturated carbocycles. The molecule has 2 aromatic carbocycles. The molecule has 0 aliphatic heterocycles. The van der Waals surface area contributed by atoms with Gasteiger partial charge in [0, 0.05) is 19.0 Å². The van der Waals surface area contributed by atoms with Crippen molar-refractivity contribution in [3.05, 3.63) is 65.7 Å². The average Bonchev–Trinajstić information content (AvgIpc) is 2.60. The van der Waals surface area contributed by atoms with Gasteiger partial charge >= 0.3 is 0 Å². The first-order valence-corrected chi connectivity index (χ1v) is 8.71. The zero-order valence-electron chi connectivity index (χ0n) is 15.3. The number of hydrogen-bond donors (Lipinski definition) is 2. The summed E-state index contributed by atoms with van der Waals surface area (Å²) in [7, 11) is 4.04. The van der Waals surface area contributed by atoms with Crippen molar-refractivity contribution in [3.8, 4) is 5.75 Å². The summed E-state index contributed by atoms with van der Waals surface area (Å²) in [5.41, 5.74) is 2.33. The van der Waals surface area contributed by atoms with E-state index in [-0.39, 0.29) is 23.6 Å². The van der Waals surface area contributed by atoms with E-state index in [1.54, 1.807) is 12.1 Å². The van der Waals surface area contributed by atoms with E-state index in [1.807, 2.05) is 44.4 Å². The van der Waals surface area contributed by atoms with Crippen LogP contribution in [0.4, 0.5) is 0 Å². The van der Waals surface area contributed by atoms with Crippen molar-refractivity contribution >= 4 is 5.91 Å². The molecule has 1 amide bonds. The van der Waals surface area contributed by atoms with Gasteiger partial charge in [0.05, 0.1) is 0 Å². The van der Waals surface area contributed by atoms with Gasteiger partial charge in [0.2, 0.25) is 5.91 Å². The van der Waals surface area contributed by atoms with E-state index in [1.165, 1.54) is 5.56 Å². The van der Waals surface area contributed by atoms with Crippen LogP contribution in [0.15, 0.2) is 54.6 Å². The lowest BCUT2D eigenvalue weighted by Gasteiger charge is -2.25. The van der Waals surface area contributed by atoms with E-state index in [4.69, 9.17) is 0 Å². The van der Waals surface area contributed by atoms with Crippen LogP contribution >= 0.6 is 0 Å². The van der Waals surface area contributed by atoms with Gasteiger partial charge in [-0.25, -0.2) is 0 Å². The van der Waals surface area contributed by atoms with E-state index in [0.29, 0.717) is 13.0 Å². The Morgan fingerprint density at radius 3 is 2.32 bits per heavy atom. The maximum absolute atomic E-state index is 12.3. The number of nitrogens with one attached hydrogen (secondary N) is 1. The Morgan fingerprint density at radius 1 is 1.08 bits per heavy atom. The maximum atomic E-state index is 12.3. The van der Waals surface area contributed by atoms with Crippen LogP contribution in [0, 0.1) is 0 Å². The monoisotopic (exact) mass is 340 g/mol. The maximum Gasteiger partial charge on any atom is 0.220 e. The van der Waals surface area contributed by atoms with Gasteiger partial charge in [-0.05, 0) is 49.7 Å². The summed E-state index contributed by atoms with van der Waals surface area (Å²) in [6, 6.07) is 17.6. The first-order valence-electron chi connectivity index (χ1n) is 8.71. The Hall–Kier alpha value is -2.33. The Balaban J connectivity index is 1.85. The first-order chi connectivity index (χ1) is 12.0. The molecule has 0 saturated heterocycles. The molecule has 25 heavy (non-hydrogen) atoms. The number of rotatable bonds is 8. The van der Waals surface area contributed by atoms with Gasteiger partial charge < -0.3 is 15.3 Å². The molecule has 2 aromatic rings. The number of phenolic OH excluding ortho intramolecular Hbond substituents is 1. The van der Waals surface area contributed by atoms with E-state index in [2.05, 4.69) is 29.3 Å². The van der Waals surface area contributed by atoms with Crippen LogP contribution in [-0.4, -0.2) is 42.6 Å². The zero-order chi connectivity index (χ0) is 18.2. The third-order valence-corrected chi connectivity index (χ3v) is 4.53. The SMILES string of the molecule is CC(CC(=O)NCC(Cc1ccc(O)cc1)N(C)C)c1ccccc1. The molecular weight excluding hydrogens is 312 g/mol. The number of hydrogen-bond acceptors (Lipinski definition) is 3. The van der Waals surface area contributed by atoms with E-state index in [9.17, 15) is 9.90 Å². The minimum atomic E-state index is 0.0777. The van der Waals surface area contributed by atoms with Crippen molar-refractivity contribution in [3.63, 3.8) is 0 Å². The van der Waals surface area contributed by atoms with Gasteiger partial charge in [-0.1, -0.05) is 49.4 Å². The fourth-order valence-corrected chi connectivity index (χ4v) is 2.82. The fraction of sp³-hybridized carbons (Fsp3) is 0.381. The van der Waals surface area contributed by atoms with Gasteiger partial charge in [0.25, 0.3) is 0 Å². The predicted octanol–water partition coefficient (Wildman–Crippen LogP) is 3.17. The highest BCUT2D eigenvalue weighted by molar-refractivity contribution is 5.76. The van der Waals surface area contributed by atoms with Crippen molar-refractivity contribution in [2.24, 2.45) is 0 Å². The third-order valence-electron chi connectivity index (χ3n) is 4.53. The topological polar surface area (TPSA) is 52.6 Å². The van der Waals surface area contributed by atoms with Crippen LogP contribution < -0.4 is 5.32 Å². The van der Waals surface area contributed by atoms with Crippen LogP contribution in [-0.2, 0) is 11.2 Å². The minimum Gasteiger partial charge on any atom is -0.508 e. The van der Waals surface area contributed by atoms with Gasteiger partial charge in [0.15, 0.2) is 0 Å². The molecule has 2 unspecified atom stereocenters. The van der Waals surface area contributed by atoms with Gasteiger partial charge in [0.1, 0.15) is 5.75 Å². The van der Waals surface area contributed by atoms with Gasteiger partial charge in [-0.3, -0.25) is 4.79 Å². The Bertz CT molecular complexity index is 653. The Morgan fingerprint density at radius 2 is 1.72 bits per heavy atom. The molecule has 2 rings (SSSR count). The standard InChI is InChI=1S/C21H28N2O2/c1-16(18-7-5-4-6-8-18)13-21(25)22-15-19(23(2)3)14-17-9-11-20(24)12-10-17/h4-12,16,19,24H,13-15H2,1-3H3,(H,22,25). The second kappa shape index (κ2) is 9.23. The van der Waals surface area contributed by atoms with Crippen LogP contribution in [0.1, 0.15) is 30.4 Å². The molecule has 0 radical (unpaired) electrons. The second-order valence-corrected chi connectivity index (χ2v) is 6.81. The van der Waals surface area contributed by atoms with Crippen molar-refractivity contribution in [2.45, 2.75) is 31.7 Å². The van der Waals surface area contributed by atoms with Crippen molar-refractivity contribution in [1.29, 1.82) is 0 Å². The molecule has 0 aromatic heterocycles. The van der Waals surface area contributed by atoms with E-state index in [0.717, 1.165) is 12.0 Å². The molecule has 0 fully saturated rings. The lowest BCUT2D eigenvalue weighted by molar-refractivity contribution is -0.121. The quantitative estimate of drug-likeness (QED) is 0.776. The molecule has 0 aliphatic carbocycles. The number of benzene rings is 2. The lowest BCUT2D eigenvalue weighted by atomic mass is 9.97. The molecule has 0 spiro atoms. The van der Waals surface area contributed by atoms with Crippen molar-refractivity contribution in [1.82, 2.24) is 10.2 Å². The number of nitrogens with zero attached hydrogens (tertiary/aromatic N) is 1. The predicted molar refractivity (Wildman–Crippen MR) is 102 cm³/mol. The number of carbonyl (C=O) groups is 1. The summed E-state index contributed by atoms with van der Waals surface area (Å²) >= 11 is 0. The molecule has 4 nitrogen and oxygen atoms in total. The summed E-state index contributed by atoms with van der Waals surface area (Å²) in [6.07, 6.45) is 1.31. The highest BCUT2D eigenvalue weighted by atomic mass is 16.3. The number of likely N-dealkylation sites (N-methyl/N-ethyl adjacent to an activating group) is 1. The number of amides is 1. The summed E-state index contributed by atoms with van der Waals surface area (Å²) in [4.78, 5) is 14.4. The Kier molecular flexibility index (Phi) is 7.02. The fourth-order valence-electron chi connectivity index (χ4n) is 2.82. The summed E-state index contributed by atoms with van der Waals surface area (Å²) in [5, 5.41) is 12.5. The third kappa shape index (κ3) is 6.24. The van der Waals surface area contributed by atoms with E-state index >= 15 is 0 Å². The molecule has 0 aliphatic rings. The van der Waals surface area contributed by atoms with Crippen LogP contribution in [0.5, 0.6) is 5.75 Å². The highest BCUT2D eigenvalue weighted by Crippen LogP contribution is 2.18. The molecule has 0 heterocycles. The molecule has 4 heteroatoms. The smallest absolute Gasteiger partial charge is 0.220 e.